The van der Waals surface area contributed by atoms with E-state index < -0.39 is 35.7 Å². The number of hydrogen-bond donors (Lipinski definition) is 0. The summed E-state index contributed by atoms with van der Waals surface area (Å²) in [7, 11) is 0. The van der Waals surface area contributed by atoms with Crippen LogP contribution in [0.15, 0.2) is 229 Å². The van der Waals surface area contributed by atoms with Gasteiger partial charge in [-0.2, -0.15) is 0 Å². The number of carbonyl (C=O) groups is 4. The minimum atomic E-state index is -1.10. The Morgan fingerprint density at radius 2 is 0.955 bits per heavy atom. The van der Waals surface area contributed by atoms with Gasteiger partial charge in [-0.15, -0.1) is 13.2 Å². The third-order valence-electron chi connectivity index (χ3n) is 17.5. The molecule has 0 radical (unpaired) electrons. The molecule has 0 fully saturated rings. The molecule has 438 valence electrons. The molecule has 0 saturated carbocycles. The molecule has 0 saturated heterocycles. The zero-order valence-electron chi connectivity index (χ0n) is 50.8. The molecule has 0 spiro atoms. The van der Waals surface area contributed by atoms with Crippen molar-refractivity contribution in [2.75, 3.05) is 9.80 Å². The first-order valence-electron chi connectivity index (χ1n) is 30.4. The average molecular weight is 1160 g/mol. The van der Waals surface area contributed by atoms with Gasteiger partial charge in [-0.05, 0) is 136 Å². The largest absolute Gasteiger partial charge is 0.481 e. The molecule has 2 atom stereocenters. The highest BCUT2D eigenvalue weighted by Crippen LogP contribution is 2.63. The van der Waals surface area contributed by atoms with Crippen LogP contribution >= 0.6 is 0 Å². The van der Waals surface area contributed by atoms with Gasteiger partial charge in [0.1, 0.15) is 46.4 Å². The van der Waals surface area contributed by atoms with Crippen molar-refractivity contribution >= 4 is 51.7 Å². The van der Waals surface area contributed by atoms with Crippen LogP contribution in [0.25, 0.3) is 16.7 Å². The predicted molar refractivity (Wildman–Crippen MR) is 348 cm³/mol. The van der Waals surface area contributed by atoms with Gasteiger partial charge in [0.25, 0.3) is 23.6 Å². The molecular formula is C78H68N2O8. The van der Waals surface area contributed by atoms with E-state index >= 15 is 19.2 Å². The molecule has 10 heteroatoms. The van der Waals surface area contributed by atoms with Gasteiger partial charge in [0.05, 0.1) is 16.9 Å². The second-order valence-corrected chi connectivity index (χ2v) is 24.3. The summed E-state index contributed by atoms with van der Waals surface area (Å²) in [6.07, 6.45) is 8.83. The molecule has 13 rings (SSSR count). The van der Waals surface area contributed by atoms with Gasteiger partial charge < -0.3 is 18.9 Å². The van der Waals surface area contributed by atoms with Crippen molar-refractivity contribution in [1.82, 2.24) is 0 Å². The van der Waals surface area contributed by atoms with E-state index in [0.717, 1.165) is 33.4 Å². The Bertz CT molecular complexity index is 4300. The van der Waals surface area contributed by atoms with E-state index in [1.54, 1.807) is 18.2 Å². The minimum absolute atomic E-state index is 0.0679. The number of allylic oxidation sites excluding steroid dienone is 5. The van der Waals surface area contributed by atoms with Gasteiger partial charge in [0.2, 0.25) is 0 Å². The summed E-state index contributed by atoms with van der Waals surface area (Å²) < 4.78 is 29.5. The van der Waals surface area contributed by atoms with Crippen molar-refractivity contribution in [3.8, 4) is 28.7 Å². The number of nitrogens with zero attached hydrogens (tertiary/aromatic N) is 2. The maximum Gasteiger partial charge on any atom is 0.266 e. The predicted octanol–water partition coefficient (Wildman–Crippen LogP) is 17.4. The molecule has 2 unspecified atom stereocenters. The average Bonchev–Trinajstić information content (AvgIpc) is 0.674. The van der Waals surface area contributed by atoms with Crippen LogP contribution < -0.4 is 28.7 Å². The van der Waals surface area contributed by atoms with Crippen LogP contribution in [0.4, 0.5) is 11.4 Å². The molecule has 2 aliphatic heterocycles. The standard InChI is InChI=1S/C78H68N2O8/c1-11-25-47-27-19-21-37-59(47)87-63-41-57-65-55(75(81)79(77(57)83)73-51(43(3)4)33-23-34-52(73)44(5)6)39-61(85-49-29-15-13-16-30-49)67-68-62(86-50-31-17-14-18-32-50)40-56-66-58(78(84)80(76(56)82)74-53(45(7)8)35-24-36-54(74)46(9)10)42-64(70(72(66)68)69(63)71(65)67)88-60-38-22-20-28-48(60)26-12-2/h11-24,27-46,63,72H,1-2,25-26H2,3-10H3. The summed E-state index contributed by atoms with van der Waals surface area (Å²) in [6, 6.07) is 47.9. The highest BCUT2D eigenvalue weighted by Gasteiger charge is 2.56. The topological polar surface area (TPSA) is 112 Å². The van der Waals surface area contributed by atoms with Crippen LogP contribution in [0.1, 0.15) is 139 Å². The van der Waals surface area contributed by atoms with Crippen molar-refractivity contribution in [3.63, 3.8) is 0 Å². The number of ether oxygens (including phenoxy) is 4. The number of rotatable bonds is 18. The van der Waals surface area contributed by atoms with E-state index in [1.165, 1.54) is 9.80 Å². The number of imide groups is 2. The monoisotopic (exact) mass is 1160 g/mol. The number of benzene rings is 7. The molecule has 4 amide bonds. The Morgan fingerprint density at radius 3 is 1.51 bits per heavy atom. The van der Waals surface area contributed by atoms with Gasteiger partial charge >= 0.3 is 0 Å². The molecule has 6 aliphatic rings. The van der Waals surface area contributed by atoms with Gasteiger partial charge in [-0.1, -0.05) is 177 Å². The Balaban J connectivity index is 1.21. The van der Waals surface area contributed by atoms with Gasteiger partial charge in [-0.3, -0.25) is 19.2 Å². The summed E-state index contributed by atoms with van der Waals surface area (Å²) in [5, 5.41) is 0. The molecule has 0 bridgehead atoms. The lowest BCUT2D eigenvalue weighted by molar-refractivity contribution is -0.123. The highest BCUT2D eigenvalue weighted by molar-refractivity contribution is 6.43. The van der Waals surface area contributed by atoms with Gasteiger partial charge in [0, 0.05) is 56.0 Å². The first-order valence-corrected chi connectivity index (χ1v) is 30.4. The maximum atomic E-state index is 16.4. The fourth-order valence-electron chi connectivity index (χ4n) is 13.5. The first kappa shape index (κ1) is 57.0. The van der Waals surface area contributed by atoms with E-state index in [9.17, 15) is 0 Å². The van der Waals surface area contributed by atoms with Crippen molar-refractivity contribution in [2.24, 2.45) is 5.92 Å². The summed E-state index contributed by atoms with van der Waals surface area (Å²) >= 11 is 0. The normalized spacial score (nSPS) is 17.3. The first-order chi connectivity index (χ1) is 42.6. The molecule has 0 aromatic heterocycles. The van der Waals surface area contributed by atoms with Crippen LogP contribution in [0.3, 0.4) is 0 Å². The number of anilines is 2. The number of amides is 4. The lowest BCUT2D eigenvalue weighted by atomic mass is 9.60. The molecule has 7 aromatic rings. The van der Waals surface area contributed by atoms with Crippen LogP contribution in [0.2, 0.25) is 0 Å². The highest BCUT2D eigenvalue weighted by atomic mass is 16.5. The fraction of sp³-hybridized carbons (Fsp3) is 0.205. The van der Waals surface area contributed by atoms with E-state index in [1.807, 2.05) is 164 Å². The Kier molecular flexibility index (Phi) is 14.7. The number of hydrogen-bond acceptors (Lipinski definition) is 8. The Hall–Kier alpha value is -10.1. The SMILES string of the molecule is C=CCc1ccccc1OC1=CC2=C3C(=CC(Oc4ccccc4)=C4c5c(Oc6ccccc6)cc6c7c5C(=C1C34)C(Oc1ccccc1CC=C)C=C7C(=O)N(c1c(C(C)C)cccc1C(C)C)C6=O)C(=O)N(c1c(C(C)C)cccc1C(C)C)C2=O. The summed E-state index contributed by atoms with van der Waals surface area (Å²) in [5.74, 6) is -0.528. The van der Waals surface area contributed by atoms with Crippen LogP contribution in [-0.2, 0) is 27.2 Å². The second kappa shape index (κ2) is 22.7. The summed E-state index contributed by atoms with van der Waals surface area (Å²) in [4.78, 5) is 68.1. The van der Waals surface area contributed by atoms with Crippen molar-refractivity contribution in [2.45, 2.75) is 98.0 Å². The van der Waals surface area contributed by atoms with E-state index in [-0.39, 0.29) is 63.2 Å². The minimum Gasteiger partial charge on any atom is -0.481 e. The third-order valence-corrected chi connectivity index (χ3v) is 17.5. The molecule has 4 aliphatic carbocycles. The number of para-hydroxylation sites is 6. The molecule has 7 aromatic carbocycles. The van der Waals surface area contributed by atoms with E-state index in [0.29, 0.717) is 86.2 Å². The molecule has 2 heterocycles. The quantitative estimate of drug-likeness (QED) is 0.0617. The van der Waals surface area contributed by atoms with Crippen LogP contribution in [-0.4, -0.2) is 29.7 Å². The van der Waals surface area contributed by atoms with Gasteiger partial charge in [-0.25, -0.2) is 9.80 Å². The zero-order valence-corrected chi connectivity index (χ0v) is 50.8. The van der Waals surface area contributed by atoms with E-state index in [4.69, 9.17) is 18.9 Å². The lowest BCUT2D eigenvalue weighted by Gasteiger charge is -2.47. The van der Waals surface area contributed by atoms with Crippen molar-refractivity contribution < 1.29 is 38.1 Å². The van der Waals surface area contributed by atoms with Crippen molar-refractivity contribution in [3.05, 3.63) is 285 Å². The van der Waals surface area contributed by atoms with Crippen LogP contribution in [0.5, 0.6) is 28.7 Å². The fourth-order valence-corrected chi connectivity index (χ4v) is 13.5. The third kappa shape index (κ3) is 9.32. The second-order valence-electron chi connectivity index (χ2n) is 24.3. The van der Waals surface area contributed by atoms with Gasteiger partial charge in [0.15, 0.2) is 0 Å². The zero-order chi connectivity index (χ0) is 61.4. The van der Waals surface area contributed by atoms with E-state index in [2.05, 4.69) is 68.5 Å². The molecule has 88 heavy (non-hydrogen) atoms. The molecule has 0 N–H and O–H groups in total. The maximum absolute atomic E-state index is 16.4. The molecule has 10 nitrogen and oxygen atoms in total. The molecular weight excluding hydrogens is 1090 g/mol. The van der Waals surface area contributed by atoms with Crippen molar-refractivity contribution in [1.29, 1.82) is 0 Å². The summed E-state index contributed by atoms with van der Waals surface area (Å²) in [6.45, 7) is 24.7. The summed E-state index contributed by atoms with van der Waals surface area (Å²) in [5.41, 5.74) is 10.6. The number of fused-ring (bicyclic) bond motifs is 1. The Morgan fingerprint density at radius 1 is 0.455 bits per heavy atom. The Labute approximate surface area is 514 Å². The van der Waals surface area contributed by atoms with Crippen LogP contribution in [0, 0.1) is 5.92 Å². The lowest BCUT2D eigenvalue weighted by Crippen LogP contribution is -2.48. The number of carbonyl (C=O) groups excluding carboxylic acids is 4. The smallest absolute Gasteiger partial charge is 0.266 e.